The maximum atomic E-state index is 12.2. The lowest BCUT2D eigenvalue weighted by molar-refractivity contribution is -0.140. The molecule has 0 saturated carbocycles. The molecule has 0 unspecified atom stereocenters. The van der Waals surface area contributed by atoms with Gasteiger partial charge in [0.1, 0.15) is 23.7 Å². The Balaban J connectivity index is 1.02. The summed E-state index contributed by atoms with van der Waals surface area (Å²) in [5, 5.41) is 0. The summed E-state index contributed by atoms with van der Waals surface area (Å²) < 4.78 is 11.7. The number of benzene rings is 2. The Morgan fingerprint density at radius 1 is 0.710 bits per heavy atom. The molecule has 0 N–H and O–H groups in total. The number of rotatable bonds is 10. The van der Waals surface area contributed by atoms with Gasteiger partial charge in [0.05, 0.1) is 26.2 Å². The van der Waals surface area contributed by atoms with Crippen molar-refractivity contribution in [2.75, 3.05) is 37.7 Å². The fourth-order valence-corrected chi connectivity index (χ4v) is 4.39. The van der Waals surface area contributed by atoms with E-state index in [2.05, 4.69) is 0 Å². The minimum atomic E-state index is 0.0860. The quantitative estimate of drug-likeness (QED) is 0.532. The molecule has 2 fully saturated rings. The van der Waals surface area contributed by atoms with Crippen molar-refractivity contribution in [1.29, 1.82) is 0 Å². The number of carbonyl (C=O) groups is 2. The van der Waals surface area contributed by atoms with E-state index >= 15 is 0 Å². The second kappa shape index (κ2) is 10.6. The van der Waals surface area contributed by atoms with Gasteiger partial charge >= 0.3 is 0 Å². The fraction of sp³-hybridized carbons (Fsp3) is 0.417. The van der Waals surface area contributed by atoms with E-state index in [0.29, 0.717) is 39.0 Å². The summed E-state index contributed by atoms with van der Waals surface area (Å²) in [7, 11) is 0. The first-order valence-electron chi connectivity index (χ1n) is 10.7. The Morgan fingerprint density at radius 2 is 1.10 bits per heavy atom. The number of likely N-dealkylation sites (tertiary alicyclic amines) is 2. The molecule has 0 aliphatic carbocycles. The van der Waals surface area contributed by atoms with Gasteiger partial charge < -0.3 is 19.3 Å². The van der Waals surface area contributed by atoms with Crippen LogP contribution < -0.4 is 9.47 Å². The van der Waals surface area contributed by atoms with E-state index in [1.54, 1.807) is 11.8 Å². The summed E-state index contributed by atoms with van der Waals surface area (Å²) in [5.74, 6) is 3.50. The van der Waals surface area contributed by atoms with Crippen LogP contribution in [0.3, 0.4) is 0 Å². The molecule has 0 spiro atoms. The highest BCUT2D eigenvalue weighted by atomic mass is 32.2. The molecule has 7 heteroatoms. The minimum absolute atomic E-state index is 0.0860. The Morgan fingerprint density at radius 3 is 1.48 bits per heavy atom. The van der Waals surface area contributed by atoms with Gasteiger partial charge in [-0.1, -0.05) is 36.4 Å². The SMILES string of the molecule is O=C(CCSCCC(=O)N1CC(Oc2ccccc2)C1)N1CC(Oc2ccccc2)C1. The number of hydrogen-bond donors (Lipinski definition) is 0. The number of carbonyl (C=O) groups excluding carboxylic acids is 2. The lowest BCUT2D eigenvalue weighted by Crippen LogP contribution is -2.56. The molecule has 2 saturated heterocycles. The summed E-state index contributed by atoms with van der Waals surface area (Å²) in [6.07, 6.45) is 1.19. The van der Waals surface area contributed by atoms with E-state index in [-0.39, 0.29) is 24.0 Å². The Labute approximate surface area is 187 Å². The molecule has 0 radical (unpaired) electrons. The number of thioether (sulfide) groups is 1. The second-order valence-corrected chi connectivity index (χ2v) is 9.04. The molecule has 2 heterocycles. The molecule has 2 aliphatic heterocycles. The molecule has 164 valence electrons. The maximum absolute atomic E-state index is 12.2. The van der Waals surface area contributed by atoms with Gasteiger partial charge in [-0.05, 0) is 24.3 Å². The predicted molar refractivity (Wildman–Crippen MR) is 121 cm³/mol. The van der Waals surface area contributed by atoms with Crippen molar-refractivity contribution in [3.63, 3.8) is 0 Å². The van der Waals surface area contributed by atoms with E-state index in [0.717, 1.165) is 23.0 Å². The van der Waals surface area contributed by atoms with Crippen LogP contribution in [0.1, 0.15) is 12.8 Å². The highest BCUT2D eigenvalue weighted by molar-refractivity contribution is 7.99. The molecule has 2 aromatic carbocycles. The van der Waals surface area contributed by atoms with E-state index in [1.165, 1.54) is 0 Å². The average molecular weight is 441 g/mol. The number of hydrogen-bond acceptors (Lipinski definition) is 5. The molecular weight excluding hydrogens is 412 g/mol. The van der Waals surface area contributed by atoms with Crippen LogP contribution in [-0.4, -0.2) is 71.5 Å². The van der Waals surface area contributed by atoms with E-state index < -0.39 is 0 Å². The molecule has 0 aromatic heterocycles. The van der Waals surface area contributed by atoms with Crippen LogP contribution in [0.4, 0.5) is 0 Å². The number of amides is 2. The number of nitrogens with zero attached hydrogens (tertiary/aromatic N) is 2. The molecule has 2 aliphatic rings. The van der Waals surface area contributed by atoms with Crippen LogP contribution in [0, 0.1) is 0 Å². The predicted octanol–water partition coefficient (Wildman–Crippen LogP) is 3.08. The number of para-hydroxylation sites is 2. The Bertz CT molecular complexity index is 781. The second-order valence-electron chi connectivity index (χ2n) is 7.82. The first-order valence-corrected chi connectivity index (χ1v) is 11.9. The van der Waals surface area contributed by atoms with Crippen LogP contribution in [0.25, 0.3) is 0 Å². The van der Waals surface area contributed by atoms with E-state index in [4.69, 9.17) is 9.47 Å². The topological polar surface area (TPSA) is 59.1 Å². The van der Waals surface area contributed by atoms with Gasteiger partial charge in [-0.3, -0.25) is 9.59 Å². The van der Waals surface area contributed by atoms with Gasteiger partial charge in [-0.2, -0.15) is 11.8 Å². The summed E-state index contributed by atoms with van der Waals surface area (Å²) >= 11 is 1.66. The van der Waals surface area contributed by atoms with Gasteiger partial charge in [0, 0.05) is 24.3 Å². The van der Waals surface area contributed by atoms with Crippen molar-refractivity contribution in [2.24, 2.45) is 0 Å². The first kappa shape index (κ1) is 21.6. The van der Waals surface area contributed by atoms with Crippen LogP contribution >= 0.6 is 11.8 Å². The molecule has 31 heavy (non-hydrogen) atoms. The summed E-state index contributed by atoms with van der Waals surface area (Å²) in [5.41, 5.74) is 0. The monoisotopic (exact) mass is 440 g/mol. The fourth-order valence-electron chi connectivity index (χ4n) is 3.55. The highest BCUT2D eigenvalue weighted by Crippen LogP contribution is 2.20. The summed E-state index contributed by atoms with van der Waals surface area (Å²) in [4.78, 5) is 28.2. The minimum Gasteiger partial charge on any atom is -0.487 e. The van der Waals surface area contributed by atoms with Gasteiger partial charge in [0.25, 0.3) is 0 Å². The zero-order chi connectivity index (χ0) is 21.5. The lowest BCUT2D eigenvalue weighted by Gasteiger charge is -2.39. The third-order valence-electron chi connectivity index (χ3n) is 5.41. The zero-order valence-corrected chi connectivity index (χ0v) is 18.3. The highest BCUT2D eigenvalue weighted by Gasteiger charge is 2.33. The molecule has 4 rings (SSSR count). The number of ether oxygens (including phenoxy) is 2. The smallest absolute Gasteiger partial charge is 0.223 e. The van der Waals surface area contributed by atoms with Gasteiger partial charge in [0.15, 0.2) is 0 Å². The molecule has 2 amide bonds. The normalized spacial score (nSPS) is 16.4. The van der Waals surface area contributed by atoms with Gasteiger partial charge in [-0.25, -0.2) is 0 Å². The van der Waals surface area contributed by atoms with Crippen LogP contribution in [0.5, 0.6) is 11.5 Å². The largest absolute Gasteiger partial charge is 0.487 e. The van der Waals surface area contributed by atoms with E-state index in [9.17, 15) is 9.59 Å². The van der Waals surface area contributed by atoms with Crippen LogP contribution in [0.2, 0.25) is 0 Å². The molecule has 6 nitrogen and oxygen atoms in total. The van der Waals surface area contributed by atoms with Crippen molar-refractivity contribution in [1.82, 2.24) is 9.80 Å². The van der Waals surface area contributed by atoms with Crippen molar-refractivity contribution < 1.29 is 19.1 Å². The molecule has 0 atom stereocenters. The lowest BCUT2D eigenvalue weighted by atomic mass is 10.1. The molecule has 0 bridgehead atoms. The molecule has 2 aromatic rings. The van der Waals surface area contributed by atoms with Gasteiger partial charge in [-0.15, -0.1) is 0 Å². The standard InChI is InChI=1S/C24H28N2O4S/c27-23(25-15-21(16-25)29-19-7-3-1-4-8-19)11-13-31-14-12-24(28)26-17-22(18-26)30-20-9-5-2-6-10-20/h1-10,21-22H,11-18H2. The summed E-state index contributed by atoms with van der Waals surface area (Å²) in [6.45, 7) is 2.60. The van der Waals surface area contributed by atoms with Crippen molar-refractivity contribution in [3.8, 4) is 11.5 Å². The maximum Gasteiger partial charge on any atom is 0.223 e. The van der Waals surface area contributed by atoms with Crippen molar-refractivity contribution in [3.05, 3.63) is 60.7 Å². The zero-order valence-electron chi connectivity index (χ0n) is 17.5. The van der Waals surface area contributed by atoms with E-state index in [1.807, 2.05) is 70.5 Å². The molecular formula is C24H28N2O4S. The third kappa shape index (κ3) is 6.17. The summed E-state index contributed by atoms with van der Waals surface area (Å²) in [6, 6.07) is 19.4. The first-order chi connectivity index (χ1) is 15.2. The van der Waals surface area contributed by atoms with Crippen LogP contribution in [0.15, 0.2) is 60.7 Å². The van der Waals surface area contributed by atoms with Crippen LogP contribution in [-0.2, 0) is 9.59 Å². The Kier molecular flexibility index (Phi) is 7.35. The third-order valence-corrected chi connectivity index (χ3v) is 6.40. The van der Waals surface area contributed by atoms with Gasteiger partial charge in [0.2, 0.25) is 11.8 Å². The van der Waals surface area contributed by atoms with Crippen molar-refractivity contribution in [2.45, 2.75) is 25.0 Å². The van der Waals surface area contributed by atoms with Crippen molar-refractivity contribution >= 4 is 23.6 Å². The Hall–Kier alpha value is -2.67. The average Bonchev–Trinajstić information content (AvgIpc) is 2.73.